The van der Waals surface area contributed by atoms with Crippen LogP contribution in [-0.4, -0.2) is 39.7 Å². The maximum atomic E-state index is 11.9. The molecule has 3 rings (SSSR count). The first-order valence-corrected chi connectivity index (χ1v) is 8.90. The number of carbonyl (C=O) groups excluding carboxylic acids is 2. The van der Waals surface area contributed by atoms with Gasteiger partial charge in [-0.3, -0.25) is 14.2 Å². The predicted octanol–water partition coefficient (Wildman–Crippen LogP) is 1.67. The summed E-state index contributed by atoms with van der Waals surface area (Å²) < 4.78 is 1.97. The Morgan fingerprint density at radius 2 is 2.08 bits per heavy atom. The Balaban J connectivity index is 1.51. The van der Waals surface area contributed by atoms with Gasteiger partial charge in [0.05, 0.1) is 18.0 Å². The highest BCUT2D eigenvalue weighted by atomic mass is 32.2. The number of para-hydroxylation sites is 1. The van der Waals surface area contributed by atoms with Crippen LogP contribution in [0.1, 0.15) is 18.4 Å². The molecule has 0 bridgehead atoms. The molecule has 1 aliphatic rings. The first-order chi connectivity index (χ1) is 11.6. The number of aryl methyl sites for hydroxylation is 1. The van der Waals surface area contributed by atoms with Gasteiger partial charge in [0.2, 0.25) is 11.8 Å². The fourth-order valence-electron chi connectivity index (χ4n) is 2.28. The van der Waals surface area contributed by atoms with Crippen molar-refractivity contribution in [2.45, 2.75) is 31.0 Å². The summed E-state index contributed by atoms with van der Waals surface area (Å²) >= 11 is 1.35. The third-order valence-electron chi connectivity index (χ3n) is 3.70. The van der Waals surface area contributed by atoms with Gasteiger partial charge in [-0.05, 0) is 31.4 Å². The zero-order valence-electron chi connectivity index (χ0n) is 13.5. The lowest BCUT2D eigenvalue weighted by molar-refractivity contribution is -0.124. The van der Waals surface area contributed by atoms with E-state index in [0.717, 1.165) is 29.2 Å². The van der Waals surface area contributed by atoms with Gasteiger partial charge in [-0.25, -0.2) is 4.98 Å². The quantitative estimate of drug-likeness (QED) is 0.749. The van der Waals surface area contributed by atoms with Gasteiger partial charge in [0.25, 0.3) is 0 Å². The van der Waals surface area contributed by atoms with Crippen LogP contribution in [0, 0.1) is 6.92 Å². The van der Waals surface area contributed by atoms with Crippen LogP contribution < -0.4 is 10.6 Å². The second-order valence-electron chi connectivity index (χ2n) is 5.77. The number of nitrogens with zero attached hydrogens (tertiary/aromatic N) is 2. The molecule has 0 unspecified atom stereocenters. The highest BCUT2D eigenvalue weighted by Gasteiger charge is 2.23. The summed E-state index contributed by atoms with van der Waals surface area (Å²) in [7, 11) is 0. The molecule has 126 valence electrons. The molecule has 0 aliphatic heterocycles. The molecule has 24 heavy (non-hydrogen) atoms. The molecule has 0 saturated heterocycles. The zero-order valence-corrected chi connectivity index (χ0v) is 14.3. The number of carbonyl (C=O) groups is 2. The summed E-state index contributed by atoms with van der Waals surface area (Å²) in [5.74, 6) is -0.0814. The highest BCUT2D eigenvalue weighted by Crippen LogP contribution is 2.22. The number of benzene rings is 1. The first kappa shape index (κ1) is 16.6. The Labute approximate surface area is 145 Å². The Bertz CT molecular complexity index is 740. The number of hydrogen-bond acceptors (Lipinski definition) is 4. The molecule has 7 heteroatoms. The number of thioether (sulfide) groups is 1. The molecule has 6 nitrogen and oxygen atoms in total. The summed E-state index contributed by atoms with van der Waals surface area (Å²) in [6, 6.07) is 8.33. The van der Waals surface area contributed by atoms with Crippen LogP contribution in [0.4, 0.5) is 0 Å². The molecule has 0 spiro atoms. The molecule has 2 N–H and O–H groups in total. The van der Waals surface area contributed by atoms with Crippen LogP contribution in [0.15, 0.2) is 41.8 Å². The third kappa shape index (κ3) is 4.38. The van der Waals surface area contributed by atoms with E-state index >= 15 is 0 Å². The normalized spacial score (nSPS) is 13.5. The van der Waals surface area contributed by atoms with Gasteiger partial charge in [0, 0.05) is 18.4 Å². The third-order valence-corrected chi connectivity index (χ3v) is 4.67. The fourth-order valence-corrected chi connectivity index (χ4v) is 3.08. The zero-order chi connectivity index (χ0) is 16.9. The van der Waals surface area contributed by atoms with Gasteiger partial charge >= 0.3 is 0 Å². The lowest BCUT2D eigenvalue weighted by Gasteiger charge is -2.10. The van der Waals surface area contributed by atoms with Crippen molar-refractivity contribution in [3.05, 3.63) is 42.2 Å². The summed E-state index contributed by atoms with van der Waals surface area (Å²) in [5, 5.41) is 6.23. The molecular weight excluding hydrogens is 324 g/mol. The molecule has 1 heterocycles. The van der Waals surface area contributed by atoms with Crippen LogP contribution in [0.2, 0.25) is 0 Å². The summed E-state index contributed by atoms with van der Waals surface area (Å²) in [6.07, 6.45) is 5.68. The molecule has 1 aromatic carbocycles. The SMILES string of the molecule is Cc1ccccc1-n1ccnc1SCC(=O)NCC(=O)NC1CC1. The highest BCUT2D eigenvalue weighted by molar-refractivity contribution is 7.99. The number of aromatic nitrogens is 2. The van der Waals surface area contributed by atoms with E-state index in [9.17, 15) is 9.59 Å². The van der Waals surface area contributed by atoms with Gasteiger partial charge in [-0.1, -0.05) is 30.0 Å². The second-order valence-corrected chi connectivity index (χ2v) is 6.72. The smallest absolute Gasteiger partial charge is 0.239 e. The molecule has 2 amide bonds. The Morgan fingerprint density at radius 1 is 1.29 bits per heavy atom. The molecule has 1 saturated carbocycles. The van der Waals surface area contributed by atoms with Crippen molar-refractivity contribution in [1.82, 2.24) is 20.2 Å². The molecule has 2 aromatic rings. The topological polar surface area (TPSA) is 76.0 Å². The summed E-state index contributed by atoms with van der Waals surface area (Å²) in [4.78, 5) is 27.8. The Hall–Kier alpha value is -2.28. The minimum absolute atomic E-state index is 0.0299. The number of nitrogens with one attached hydrogen (secondary N) is 2. The lowest BCUT2D eigenvalue weighted by atomic mass is 10.2. The summed E-state index contributed by atoms with van der Waals surface area (Å²) in [5.41, 5.74) is 2.18. The maximum absolute atomic E-state index is 11.9. The van der Waals surface area contributed by atoms with E-state index in [4.69, 9.17) is 0 Å². The van der Waals surface area contributed by atoms with Crippen LogP contribution in [-0.2, 0) is 9.59 Å². The van der Waals surface area contributed by atoms with Crippen molar-refractivity contribution < 1.29 is 9.59 Å². The molecular formula is C17H20N4O2S. The average molecular weight is 344 g/mol. The van der Waals surface area contributed by atoms with Gasteiger partial charge < -0.3 is 10.6 Å². The van der Waals surface area contributed by atoms with Crippen LogP contribution in [0.25, 0.3) is 5.69 Å². The number of rotatable bonds is 7. The molecule has 0 radical (unpaired) electrons. The minimum atomic E-state index is -0.176. The van der Waals surface area contributed by atoms with Crippen molar-refractivity contribution in [3.63, 3.8) is 0 Å². The molecule has 1 aliphatic carbocycles. The van der Waals surface area contributed by atoms with Crippen molar-refractivity contribution in [2.24, 2.45) is 0 Å². The van der Waals surface area contributed by atoms with E-state index in [2.05, 4.69) is 15.6 Å². The van der Waals surface area contributed by atoms with Crippen LogP contribution in [0.5, 0.6) is 0 Å². The van der Waals surface area contributed by atoms with E-state index < -0.39 is 0 Å². The largest absolute Gasteiger partial charge is 0.352 e. The van der Waals surface area contributed by atoms with Crippen molar-refractivity contribution in [3.8, 4) is 5.69 Å². The van der Waals surface area contributed by atoms with E-state index in [1.807, 2.05) is 42.0 Å². The van der Waals surface area contributed by atoms with Crippen LogP contribution >= 0.6 is 11.8 Å². The number of imidazole rings is 1. The van der Waals surface area contributed by atoms with Crippen LogP contribution in [0.3, 0.4) is 0 Å². The standard InChI is InChI=1S/C17H20N4O2S/c1-12-4-2-3-5-14(12)21-9-8-18-17(21)24-11-16(23)19-10-15(22)20-13-6-7-13/h2-5,8-9,13H,6-7,10-11H2,1H3,(H,19,23)(H,20,22). The summed E-state index contributed by atoms with van der Waals surface area (Å²) in [6.45, 7) is 2.07. The fraction of sp³-hybridized carbons (Fsp3) is 0.353. The average Bonchev–Trinajstić information content (AvgIpc) is 3.26. The number of hydrogen-bond donors (Lipinski definition) is 2. The van der Waals surface area contributed by atoms with Gasteiger partial charge in [0.1, 0.15) is 0 Å². The van der Waals surface area contributed by atoms with Gasteiger partial charge in [0.15, 0.2) is 5.16 Å². The first-order valence-electron chi connectivity index (χ1n) is 7.91. The van der Waals surface area contributed by atoms with Gasteiger partial charge in [-0.15, -0.1) is 0 Å². The Morgan fingerprint density at radius 3 is 2.83 bits per heavy atom. The lowest BCUT2D eigenvalue weighted by Crippen LogP contribution is -2.38. The second kappa shape index (κ2) is 7.53. The van der Waals surface area contributed by atoms with Crippen molar-refractivity contribution >= 4 is 23.6 Å². The van der Waals surface area contributed by atoms with Crippen molar-refractivity contribution in [2.75, 3.05) is 12.3 Å². The minimum Gasteiger partial charge on any atom is -0.352 e. The van der Waals surface area contributed by atoms with E-state index in [-0.39, 0.29) is 24.1 Å². The van der Waals surface area contributed by atoms with E-state index in [1.54, 1.807) is 6.20 Å². The number of amides is 2. The Kier molecular flexibility index (Phi) is 5.20. The monoisotopic (exact) mass is 344 g/mol. The molecule has 1 fully saturated rings. The molecule has 1 aromatic heterocycles. The van der Waals surface area contributed by atoms with Crippen molar-refractivity contribution in [1.29, 1.82) is 0 Å². The molecule has 0 atom stereocenters. The predicted molar refractivity (Wildman–Crippen MR) is 93.2 cm³/mol. The van der Waals surface area contributed by atoms with Gasteiger partial charge in [-0.2, -0.15) is 0 Å². The van der Waals surface area contributed by atoms with E-state index in [1.165, 1.54) is 11.8 Å². The van der Waals surface area contributed by atoms with E-state index in [0.29, 0.717) is 6.04 Å². The maximum Gasteiger partial charge on any atom is 0.239 e.